The van der Waals surface area contributed by atoms with Crippen molar-refractivity contribution < 1.29 is 23.8 Å². The summed E-state index contributed by atoms with van der Waals surface area (Å²) in [6.45, 7) is 7.58. The summed E-state index contributed by atoms with van der Waals surface area (Å²) in [6, 6.07) is 8.61. The molecule has 1 heterocycles. The van der Waals surface area contributed by atoms with Crippen LogP contribution in [0.5, 0.6) is 0 Å². The minimum Gasteiger partial charge on any atom is -0.478 e. The molecule has 2 aromatic carbocycles. The number of fused-ring (bicyclic) bond motifs is 1. The molecule has 36 heavy (non-hydrogen) atoms. The van der Waals surface area contributed by atoms with Crippen molar-refractivity contribution in [3.05, 3.63) is 74.5 Å². The summed E-state index contributed by atoms with van der Waals surface area (Å²) in [7, 11) is 0. The van der Waals surface area contributed by atoms with Gasteiger partial charge in [-0.25, -0.2) is 14.2 Å². The smallest absolute Gasteiger partial charge is 0.338 e. The number of esters is 1. The Morgan fingerprint density at radius 3 is 2.50 bits per heavy atom. The van der Waals surface area contributed by atoms with Crippen LogP contribution in [0.25, 0.3) is 10.9 Å². The fourth-order valence-electron chi connectivity index (χ4n) is 2.93. The lowest BCUT2D eigenvalue weighted by Crippen LogP contribution is -2.30. The Balaban J connectivity index is 0.000000380. The van der Waals surface area contributed by atoms with E-state index in [2.05, 4.69) is 16.2 Å². The molecule has 2 N–H and O–H groups in total. The van der Waals surface area contributed by atoms with Crippen LogP contribution in [-0.2, 0) is 22.8 Å². The van der Waals surface area contributed by atoms with E-state index in [4.69, 9.17) is 27.9 Å². The van der Waals surface area contributed by atoms with E-state index in [1.807, 2.05) is 0 Å². The number of hydrogen-bond acceptors (Lipinski definition) is 6. The molecular formula is C26H27ClFN3O5. The molecule has 1 aromatic heterocycles. The van der Waals surface area contributed by atoms with Gasteiger partial charge >= 0.3 is 11.9 Å². The van der Waals surface area contributed by atoms with Crippen LogP contribution in [0.1, 0.15) is 42.5 Å². The van der Waals surface area contributed by atoms with Crippen molar-refractivity contribution >= 4 is 34.4 Å². The first-order valence-corrected chi connectivity index (χ1v) is 11.2. The Morgan fingerprint density at radius 1 is 1.28 bits per heavy atom. The number of carboxylic acid groups (broad SMARTS) is 1. The maximum absolute atomic E-state index is 12.8. The zero-order valence-corrected chi connectivity index (χ0v) is 21.1. The molecule has 8 nitrogen and oxygen atoms in total. The Hall–Kier alpha value is -3.74. The summed E-state index contributed by atoms with van der Waals surface area (Å²) in [5.74, 6) is 0.598. The van der Waals surface area contributed by atoms with Crippen LogP contribution in [0.15, 0.2) is 41.2 Å². The van der Waals surface area contributed by atoms with E-state index in [9.17, 15) is 18.8 Å². The highest BCUT2D eigenvalue weighted by Crippen LogP contribution is 2.22. The number of aromatic nitrogens is 2. The van der Waals surface area contributed by atoms with Gasteiger partial charge in [-0.2, -0.15) is 0 Å². The number of nitrogens with one attached hydrogen (secondary N) is 1. The third-order valence-electron chi connectivity index (χ3n) is 4.90. The maximum Gasteiger partial charge on any atom is 0.338 e. The van der Waals surface area contributed by atoms with Gasteiger partial charge in [0.15, 0.2) is 6.73 Å². The van der Waals surface area contributed by atoms with Crippen LogP contribution in [-0.4, -0.2) is 33.1 Å². The lowest BCUT2D eigenvalue weighted by atomic mass is 9.98. The average molecular weight is 516 g/mol. The van der Waals surface area contributed by atoms with E-state index in [0.29, 0.717) is 34.8 Å². The molecule has 0 unspecified atom stereocenters. The van der Waals surface area contributed by atoms with Crippen LogP contribution in [0.2, 0.25) is 5.02 Å². The summed E-state index contributed by atoms with van der Waals surface area (Å²) >= 11 is 6.27. The molecule has 0 saturated carbocycles. The fourth-order valence-corrected chi connectivity index (χ4v) is 3.15. The van der Waals surface area contributed by atoms with Gasteiger partial charge in [-0.05, 0) is 57.5 Å². The first kappa shape index (κ1) is 28.5. The minimum atomic E-state index is -1.24. The average Bonchev–Trinajstić information content (AvgIpc) is 2.79. The first-order valence-electron chi connectivity index (χ1n) is 10.9. The molecule has 0 fully saturated rings. The lowest BCUT2D eigenvalue weighted by molar-refractivity contribution is -0.157. The van der Waals surface area contributed by atoms with Gasteiger partial charge in [0, 0.05) is 11.6 Å². The number of halogens is 2. The normalized spacial score (nSPS) is 10.8. The Morgan fingerprint density at radius 2 is 1.94 bits per heavy atom. The first-order chi connectivity index (χ1) is 16.9. The number of carbonyl (C=O) groups excluding carboxylic acids is 1. The van der Waals surface area contributed by atoms with Crippen molar-refractivity contribution in [2.45, 2.75) is 41.0 Å². The Bertz CT molecular complexity index is 1370. The van der Waals surface area contributed by atoms with Gasteiger partial charge in [-0.3, -0.25) is 14.2 Å². The molecule has 0 bridgehead atoms. The number of aryl methyl sites for hydroxylation is 1. The number of nitrogens with zero attached hydrogens (tertiary/aromatic N) is 2. The summed E-state index contributed by atoms with van der Waals surface area (Å²) in [6.07, 6.45) is 5.22. The van der Waals surface area contributed by atoms with Crippen LogP contribution in [0.4, 0.5) is 4.39 Å². The van der Waals surface area contributed by atoms with E-state index in [1.54, 1.807) is 39.8 Å². The number of terminal acetylenes is 1. The van der Waals surface area contributed by atoms with Gasteiger partial charge < -0.3 is 15.2 Å². The Labute approximate surface area is 213 Å². The molecule has 0 amide bonds. The van der Waals surface area contributed by atoms with E-state index in [1.165, 1.54) is 22.8 Å². The molecule has 0 aliphatic rings. The topological polar surface area (TPSA) is 111 Å². The molecule has 3 rings (SSSR count). The number of rotatable bonds is 6. The number of benzene rings is 2. The van der Waals surface area contributed by atoms with Crippen LogP contribution < -0.4 is 10.9 Å². The quantitative estimate of drug-likeness (QED) is 0.288. The molecule has 190 valence electrons. The molecule has 0 radical (unpaired) electrons. The second-order valence-electron chi connectivity index (χ2n) is 8.76. The number of ether oxygens (including phenoxy) is 1. The monoisotopic (exact) mass is 515 g/mol. The van der Waals surface area contributed by atoms with Gasteiger partial charge in [0.1, 0.15) is 11.6 Å². The molecule has 0 aliphatic heterocycles. The van der Waals surface area contributed by atoms with Gasteiger partial charge in [0.25, 0.3) is 5.56 Å². The second kappa shape index (κ2) is 12.3. The molecule has 0 spiro atoms. The summed E-state index contributed by atoms with van der Waals surface area (Å²) in [5, 5.41) is 12.3. The van der Waals surface area contributed by atoms with Crippen LogP contribution >= 0.6 is 11.6 Å². The molecule has 0 atom stereocenters. The molecule has 0 saturated heterocycles. The van der Waals surface area contributed by atoms with Gasteiger partial charge in [-0.1, -0.05) is 29.7 Å². The second-order valence-corrected chi connectivity index (χ2v) is 9.16. The highest BCUT2D eigenvalue weighted by molar-refractivity contribution is 6.32. The lowest BCUT2D eigenvalue weighted by Gasteiger charge is -2.18. The van der Waals surface area contributed by atoms with Gasteiger partial charge in [0.05, 0.1) is 28.4 Å². The van der Waals surface area contributed by atoms with Crippen molar-refractivity contribution in [3.63, 3.8) is 0 Å². The SMILES string of the molecule is C#CCNCc1cc2c(=O)n(COC(=O)C(C)(C)C)c(C)nc2cc1Cl.O=C(O)c1ccccc1F. The van der Waals surface area contributed by atoms with Crippen molar-refractivity contribution in [2.75, 3.05) is 6.54 Å². The number of aromatic carboxylic acids is 1. The molecule has 10 heteroatoms. The highest BCUT2D eigenvalue weighted by Gasteiger charge is 2.23. The van der Waals surface area contributed by atoms with Crippen molar-refractivity contribution in [1.82, 2.24) is 14.9 Å². The molecule has 0 aliphatic carbocycles. The molecule has 3 aromatic rings. The zero-order chi connectivity index (χ0) is 27.0. The fraction of sp³-hybridized carbons (Fsp3) is 0.308. The predicted octanol–water partition coefficient (Wildman–Crippen LogP) is 4.15. The predicted molar refractivity (Wildman–Crippen MR) is 135 cm³/mol. The van der Waals surface area contributed by atoms with Crippen molar-refractivity contribution in [3.8, 4) is 12.3 Å². The minimum absolute atomic E-state index is 0.184. The Kier molecular flexibility index (Phi) is 9.73. The van der Waals surface area contributed by atoms with E-state index >= 15 is 0 Å². The summed E-state index contributed by atoms with van der Waals surface area (Å²) in [5.41, 5.74) is 0.0177. The van der Waals surface area contributed by atoms with Crippen LogP contribution in [0, 0.1) is 30.5 Å². The maximum atomic E-state index is 12.8. The zero-order valence-electron chi connectivity index (χ0n) is 20.4. The number of hydrogen-bond donors (Lipinski definition) is 2. The van der Waals surface area contributed by atoms with Crippen molar-refractivity contribution in [2.24, 2.45) is 5.41 Å². The summed E-state index contributed by atoms with van der Waals surface area (Å²) in [4.78, 5) is 39.4. The van der Waals surface area contributed by atoms with Crippen molar-refractivity contribution in [1.29, 1.82) is 0 Å². The van der Waals surface area contributed by atoms with Crippen LogP contribution in [0.3, 0.4) is 0 Å². The standard InChI is InChI=1S/C19H22ClN3O3.C7H5FO2/c1-6-7-21-10-13-8-14-16(9-15(13)20)22-12(2)23(17(14)24)11-26-18(25)19(3,4)5;8-6-4-2-1-3-5(6)7(9)10/h1,8-9,21H,7,10-11H2,2-5H3;1-4H,(H,9,10). The third-order valence-corrected chi connectivity index (χ3v) is 5.25. The van der Waals surface area contributed by atoms with Gasteiger partial charge in [0.2, 0.25) is 0 Å². The van der Waals surface area contributed by atoms with E-state index in [0.717, 1.165) is 11.6 Å². The summed E-state index contributed by atoms with van der Waals surface area (Å²) < 4.78 is 19.1. The van der Waals surface area contributed by atoms with Gasteiger partial charge in [-0.15, -0.1) is 6.42 Å². The van der Waals surface area contributed by atoms with E-state index in [-0.39, 0.29) is 23.8 Å². The van der Waals surface area contributed by atoms with E-state index < -0.39 is 17.2 Å². The highest BCUT2D eigenvalue weighted by atomic mass is 35.5. The number of carbonyl (C=O) groups is 2. The largest absolute Gasteiger partial charge is 0.478 e. The number of carboxylic acids is 1. The molecular weight excluding hydrogens is 489 g/mol. The third kappa shape index (κ3) is 7.38.